The van der Waals surface area contributed by atoms with Crippen molar-refractivity contribution in [2.75, 3.05) is 19.0 Å². The van der Waals surface area contributed by atoms with Crippen LogP contribution in [0, 0.1) is 5.82 Å². The number of aryl methyl sites for hydroxylation is 1. The number of benzene rings is 2. The van der Waals surface area contributed by atoms with Crippen molar-refractivity contribution in [1.29, 1.82) is 0 Å². The highest BCUT2D eigenvalue weighted by Crippen LogP contribution is 2.24. The lowest BCUT2D eigenvalue weighted by atomic mass is 10.1. The second-order valence-corrected chi connectivity index (χ2v) is 6.16. The predicted molar refractivity (Wildman–Crippen MR) is 104 cm³/mol. The van der Waals surface area contributed by atoms with E-state index in [-0.39, 0.29) is 18.1 Å². The highest BCUT2D eigenvalue weighted by molar-refractivity contribution is 5.92. The van der Waals surface area contributed by atoms with Gasteiger partial charge in [0.05, 0.1) is 25.7 Å². The Kier molecular flexibility index (Phi) is 6.62. The van der Waals surface area contributed by atoms with Crippen LogP contribution in [-0.2, 0) is 17.8 Å². The van der Waals surface area contributed by atoms with Crippen LogP contribution in [0.5, 0.6) is 11.5 Å². The maximum atomic E-state index is 13.7. The van der Waals surface area contributed by atoms with Gasteiger partial charge in [0.1, 0.15) is 12.4 Å². The normalized spacial score (nSPS) is 10.5. The van der Waals surface area contributed by atoms with E-state index in [0.29, 0.717) is 31.0 Å². The Morgan fingerprint density at radius 2 is 2.07 bits per heavy atom. The van der Waals surface area contributed by atoms with Gasteiger partial charge in [-0.1, -0.05) is 18.2 Å². The number of carbonyl (C=O) groups excluding carboxylic acids is 1. The third-order valence-corrected chi connectivity index (χ3v) is 4.18. The predicted octanol–water partition coefficient (Wildman–Crippen LogP) is 3.68. The number of methoxy groups -OCH3 is 1. The number of imidazole rings is 1. The number of hydrogen-bond acceptors (Lipinski definition) is 4. The van der Waals surface area contributed by atoms with Crippen molar-refractivity contribution >= 4 is 11.6 Å². The highest BCUT2D eigenvalue weighted by atomic mass is 19.1. The van der Waals surface area contributed by atoms with Gasteiger partial charge in [-0.15, -0.1) is 0 Å². The fourth-order valence-electron chi connectivity index (χ4n) is 2.71. The molecular formula is C21H22FN3O3. The molecule has 0 aliphatic heterocycles. The summed E-state index contributed by atoms with van der Waals surface area (Å²) in [5.74, 6) is 0.195. The standard InChI is InChI=1S/C21H22FN3O3/c1-27-19-8-6-16(14-17(19)22)7-9-21(26)24-18-4-2-3-5-20(18)28-13-12-25-11-10-23-15-25/h2-6,8,10-11,14-15H,7,9,12-13H2,1H3,(H,24,26). The topological polar surface area (TPSA) is 65.4 Å². The Morgan fingerprint density at radius 3 is 2.82 bits per heavy atom. The number of halogens is 1. The van der Waals surface area contributed by atoms with E-state index in [1.165, 1.54) is 13.2 Å². The lowest BCUT2D eigenvalue weighted by Crippen LogP contribution is -2.14. The third-order valence-electron chi connectivity index (χ3n) is 4.18. The number of anilines is 1. The number of rotatable bonds is 9. The molecule has 0 aliphatic rings. The first-order chi connectivity index (χ1) is 13.7. The fourth-order valence-corrected chi connectivity index (χ4v) is 2.71. The number of nitrogens with one attached hydrogen (secondary N) is 1. The lowest BCUT2D eigenvalue weighted by Gasteiger charge is -2.13. The second-order valence-electron chi connectivity index (χ2n) is 6.16. The molecule has 1 amide bonds. The van der Waals surface area contributed by atoms with E-state index in [2.05, 4.69) is 10.3 Å². The average Bonchev–Trinajstić information content (AvgIpc) is 3.21. The Morgan fingerprint density at radius 1 is 1.21 bits per heavy atom. The summed E-state index contributed by atoms with van der Waals surface area (Å²) in [4.78, 5) is 16.3. The van der Waals surface area contributed by atoms with Crippen LogP contribution in [0.25, 0.3) is 0 Å². The summed E-state index contributed by atoms with van der Waals surface area (Å²) in [5.41, 5.74) is 1.34. The van der Waals surface area contributed by atoms with E-state index in [1.807, 2.05) is 29.0 Å². The maximum Gasteiger partial charge on any atom is 0.224 e. The van der Waals surface area contributed by atoms with Gasteiger partial charge in [-0.3, -0.25) is 4.79 Å². The van der Waals surface area contributed by atoms with Crippen molar-refractivity contribution in [3.05, 3.63) is 72.6 Å². The van der Waals surface area contributed by atoms with Crippen molar-refractivity contribution in [2.45, 2.75) is 19.4 Å². The van der Waals surface area contributed by atoms with E-state index < -0.39 is 5.82 Å². The van der Waals surface area contributed by atoms with Crippen LogP contribution in [0.1, 0.15) is 12.0 Å². The molecule has 6 nitrogen and oxygen atoms in total. The zero-order chi connectivity index (χ0) is 19.8. The van der Waals surface area contributed by atoms with Crippen molar-refractivity contribution in [3.63, 3.8) is 0 Å². The van der Waals surface area contributed by atoms with Gasteiger partial charge in [0.2, 0.25) is 5.91 Å². The Bertz CT molecular complexity index is 913. The molecule has 1 N–H and O–H groups in total. The summed E-state index contributed by atoms with van der Waals surface area (Å²) in [7, 11) is 1.42. The molecule has 0 spiro atoms. The van der Waals surface area contributed by atoms with Crippen molar-refractivity contribution in [2.24, 2.45) is 0 Å². The first kappa shape index (κ1) is 19.4. The van der Waals surface area contributed by atoms with E-state index >= 15 is 0 Å². The Balaban J connectivity index is 1.52. The van der Waals surface area contributed by atoms with E-state index in [9.17, 15) is 9.18 Å². The van der Waals surface area contributed by atoms with Crippen molar-refractivity contribution in [1.82, 2.24) is 9.55 Å². The lowest BCUT2D eigenvalue weighted by molar-refractivity contribution is -0.116. The van der Waals surface area contributed by atoms with Gasteiger partial charge < -0.3 is 19.4 Å². The summed E-state index contributed by atoms with van der Waals surface area (Å²) in [5, 5.41) is 2.86. The zero-order valence-corrected chi connectivity index (χ0v) is 15.6. The smallest absolute Gasteiger partial charge is 0.224 e. The van der Waals surface area contributed by atoms with Gasteiger partial charge >= 0.3 is 0 Å². The zero-order valence-electron chi connectivity index (χ0n) is 15.6. The van der Waals surface area contributed by atoms with E-state index in [4.69, 9.17) is 9.47 Å². The minimum absolute atomic E-state index is 0.165. The molecule has 0 radical (unpaired) electrons. The minimum Gasteiger partial charge on any atom is -0.494 e. The molecule has 1 heterocycles. The molecule has 28 heavy (non-hydrogen) atoms. The summed E-state index contributed by atoms with van der Waals surface area (Å²) >= 11 is 0. The van der Waals surface area contributed by atoms with Gasteiger partial charge in [-0.2, -0.15) is 0 Å². The number of para-hydroxylation sites is 2. The molecule has 3 rings (SSSR count). The molecule has 7 heteroatoms. The molecule has 0 saturated heterocycles. The monoisotopic (exact) mass is 383 g/mol. The van der Waals surface area contributed by atoms with Crippen LogP contribution >= 0.6 is 0 Å². The van der Waals surface area contributed by atoms with Gasteiger partial charge in [0.25, 0.3) is 0 Å². The molecule has 3 aromatic rings. The maximum absolute atomic E-state index is 13.7. The van der Waals surface area contributed by atoms with Gasteiger partial charge in [-0.25, -0.2) is 9.37 Å². The second kappa shape index (κ2) is 9.55. The molecule has 0 aliphatic carbocycles. The number of carbonyl (C=O) groups is 1. The summed E-state index contributed by atoms with van der Waals surface area (Å²) in [6.45, 7) is 1.11. The molecule has 1 aromatic heterocycles. The van der Waals surface area contributed by atoms with Gasteiger partial charge in [0.15, 0.2) is 11.6 Å². The van der Waals surface area contributed by atoms with Crippen LogP contribution in [0.3, 0.4) is 0 Å². The number of amides is 1. The molecule has 2 aromatic carbocycles. The number of aromatic nitrogens is 2. The Hall–Kier alpha value is -3.35. The minimum atomic E-state index is -0.433. The first-order valence-corrected chi connectivity index (χ1v) is 8.95. The van der Waals surface area contributed by atoms with Gasteiger partial charge in [0, 0.05) is 18.8 Å². The molecule has 0 fully saturated rings. The summed E-state index contributed by atoms with van der Waals surface area (Å²) < 4.78 is 26.3. The highest BCUT2D eigenvalue weighted by Gasteiger charge is 2.09. The van der Waals surface area contributed by atoms with Crippen molar-refractivity contribution in [3.8, 4) is 11.5 Å². The molecular weight excluding hydrogens is 361 g/mol. The molecule has 0 saturated carbocycles. The SMILES string of the molecule is COc1ccc(CCC(=O)Nc2ccccc2OCCn2ccnc2)cc1F. The summed E-state index contributed by atoms with van der Waals surface area (Å²) in [6, 6.07) is 12.0. The number of ether oxygens (including phenoxy) is 2. The van der Waals surface area contributed by atoms with E-state index in [0.717, 1.165) is 5.56 Å². The van der Waals surface area contributed by atoms with Crippen LogP contribution < -0.4 is 14.8 Å². The van der Waals surface area contributed by atoms with Crippen LogP contribution in [0.4, 0.5) is 10.1 Å². The summed E-state index contributed by atoms with van der Waals surface area (Å²) in [6.07, 6.45) is 5.95. The molecule has 0 atom stereocenters. The molecule has 0 unspecified atom stereocenters. The van der Waals surface area contributed by atoms with Crippen LogP contribution in [-0.4, -0.2) is 29.2 Å². The van der Waals surface area contributed by atoms with Gasteiger partial charge in [-0.05, 0) is 36.2 Å². The molecule has 146 valence electrons. The quantitative estimate of drug-likeness (QED) is 0.612. The van der Waals surface area contributed by atoms with Crippen molar-refractivity contribution < 1.29 is 18.7 Å². The first-order valence-electron chi connectivity index (χ1n) is 8.95. The van der Waals surface area contributed by atoms with Crippen LogP contribution in [0.15, 0.2) is 61.2 Å². The molecule has 0 bridgehead atoms. The largest absolute Gasteiger partial charge is 0.494 e. The number of nitrogens with zero attached hydrogens (tertiary/aromatic N) is 2. The fraction of sp³-hybridized carbons (Fsp3) is 0.238. The van der Waals surface area contributed by atoms with Crippen LogP contribution in [0.2, 0.25) is 0 Å². The third kappa shape index (κ3) is 5.33. The van der Waals surface area contributed by atoms with E-state index in [1.54, 1.807) is 30.7 Å². The Labute approximate surface area is 162 Å². The average molecular weight is 383 g/mol. The number of hydrogen-bond donors (Lipinski definition) is 1.